The average molecular weight is 224 g/mol. The maximum absolute atomic E-state index is 4.29. The molecule has 15 heavy (non-hydrogen) atoms. The van der Waals surface area contributed by atoms with Crippen molar-refractivity contribution < 1.29 is 0 Å². The largest absolute Gasteiger partial charge is 0.314 e. The molecule has 0 saturated heterocycles. The van der Waals surface area contributed by atoms with Crippen molar-refractivity contribution in [3.05, 3.63) is 24.4 Å². The van der Waals surface area contributed by atoms with Crippen molar-refractivity contribution in [3.8, 4) is 0 Å². The minimum atomic E-state index is 0.576. The molecule has 2 nitrogen and oxygen atoms in total. The second kappa shape index (κ2) is 6.85. The van der Waals surface area contributed by atoms with Crippen LogP contribution in [0.2, 0.25) is 0 Å². The second-order valence-electron chi connectivity index (χ2n) is 4.15. The minimum absolute atomic E-state index is 0.576. The van der Waals surface area contributed by atoms with Crippen molar-refractivity contribution in [3.63, 3.8) is 0 Å². The van der Waals surface area contributed by atoms with Crippen LogP contribution >= 0.6 is 11.8 Å². The Balaban J connectivity index is 2.19. The van der Waals surface area contributed by atoms with Gasteiger partial charge in [-0.25, -0.2) is 4.98 Å². The molecule has 0 aliphatic carbocycles. The molecule has 1 rings (SSSR count). The summed E-state index contributed by atoms with van der Waals surface area (Å²) in [5.74, 6) is 1.80. The number of pyridine rings is 1. The van der Waals surface area contributed by atoms with E-state index in [1.807, 2.05) is 30.1 Å². The topological polar surface area (TPSA) is 24.9 Å². The van der Waals surface area contributed by atoms with E-state index in [4.69, 9.17) is 0 Å². The number of aromatic nitrogens is 1. The predicted molar refractivity (Wildman–Crippen MR) is 67.3 cm³/mol. The molecule has 0 spiro atoms. The first-order valence-electron chi connectivity index (χ1n) is 5.45. The van der Waals surface area contributed by atoms with Gasteiger partial charge >= 0.3 is 0 Å². The third kappa shape index (κ3) is 5.80. The first-order chi connectivity index (χ1) is 7.18. The van der Waals surface area contributed by atoms with Gasteiger partial charge in [-0.2, -0.15) is 0 Å². The van der Waals surface area contributed by atoms with Gasteiger partial charge in [-0.15, -0.1) is 11.8 Å². The molecule has 1 unspecified atom stereocenters. The third-order valence-electron chi connectivity index (χ3n) is 2.03. The highest BCUT2D eigenvalue weighted by Crippen LogP contribution is 2.17. The highest BCUT2D eigenvalue weighted by molar-refractivity contribution is 7.99. The molecule has 0 bridgehead atoms. The zero-order chi connectivity index (χ0) is 11.1. The van der Waals surface area contributed by atoms with Gasteiger partial charge < -0.3 is 5.32 Å². The van der Waals surface area contributed by atoms with Gasteiger partial charge in [0.25, 0.3) is 0 Å². The number of thioether (sulfide) groups is 1. The van der Waals surface area contributed by atoms with Crippen LogP contribution in [0.1, 0.15) is 20.8 Å². The molecule has 1 aromatic rings. The first-order valence-corrected chi connectivity index (χ1v) is 6.44. The van der Waals surface area contributed by atoms with Gasteiger partial charge in [0.2, 0.25) is 0 Å². The zero-order valence-electron chi connectivity index (χ0n) is 9.73. The fourth-order valence-electron chi connectivity index (χ4n) is 1.16. The van der Waals surface area contributed by atoms with Gasteiger partial charge in [-0.3, -0.25) is 0 Å². The number of hydrogen-bond acceptors (Lipinski definition) is 3. The summed E-state index contributed by atoms with van der Waals surface area (Å²) < 4.78 is 0. The molecule has 84 valence electrons. The van der Waals surface area contributed by atoms with Gasteiger partial charge in [0.15, 0.2) is 0 Å². The minimum Gasteiger partial charge on any atom is -0.314 e. The highest BCUT2D eigenvalue weighted by Gasteiger charge is 2.04. The maximum atomic E-state index is 4.29. The Hall–Kier alpha value is -0.540. The smallest absolute Gasteiger partial charge is 0.0959 e. The molecule has 1 N–H and O–H groups in total. The number of nitrogens with zero attached hydrogens (tertiary/aromatic N) is 1. The lowest BCUT2D eigenvalue weighted by Crippen LogP contribution is -2.28. The fraction of sp³-hybridized carbons (Fsp3) is 0.583. The quantitative estimate of drug-likeness (QED) is 0.752. The fourth-order valence-corrected chi connectivity index (χ4v) is 2.04. The lowest BCUT2D eigenvalue weighted by molar-refractivity contribution is 0.510. The Morgan fingerprint density at radius 3 is 2.73 bits per heavy atom. The van der Waals surface area contributed by atoms with Crippen LogP contribution in [0.15, 0.2) is 29.4 Å². The summed E-state index contributed by atoms with van der Waals surface area (Å²) in [7, 11) is 0. The molecular formula is C12H20N2S. The van der Waals surface area contributed by atoms with Gasteiger partial charge in [-0.1, -0.05) is 26.8 Å². The van der Waals surface area contributed by atoms with E-state index >= 15 is 0 Å². The van der Waals surface area contributed by atoms with Crippen LogP contribution in [0.5, 0.6) is 0 Å². The summed E-state index contributed by atoms with van der Waals surface area (Å²) in [6.45, 7) is 7.71. The zero-order valence-corrected chi connectivity index (χ0v) is 10.6. The average Bonchev–Trinajstić information content (AvgIpc) is 2.25. The van der Waals surface area contributed by atoms with E-state index in [2.05, 4.69) is 37.1 Å². The van der Waals surface area contributed by atoms with Gasteiger partial charge in [0, 0.05) is 18.0 Å². The molecule has 1 heterocycles. The van der Waals surface area contributed by atoms with E-state index < -0.39 is 0 Å². The summed E-state index contributed by atoms with van der Waals surface area (Å²) in [5, 5.41) is 4.57. The van der Waals surface area contributed by atoms with Crippen LogP contribution in [0.3, 0.4) is 0 Å². The van der Waals surface area contributed by atoms with Crippen LogP contribution < -0.4 is 5.32 Å². The molecule has 0 saturated carbocycles. The molecular weight excluding hydrogens is 204 g/mol. The Morgan fingerprint density at radius 2 is 2.13 bits per heavy atom. The molecule has 1 atom stereocenters. The van der Waals surface area contributed by atoms with Crippen molar-refractivity contribution in [2.75, 3.05) is 12.3 Å². The SMILES string of the molecule is CC(CNC(C)C)CSc1ccccn1. The summed E-state index contributed by atoms with van der Waals surface area (Å²) in [5.41, 5.74) is 0. The number of hydrogen-bond donors (Lipinski definition) is 1. The number of nitrogens with one attached hydrogen (secondary N) is 1. The summed E-state index contributed by atoms with van der Waals surface area (Å²) in [6, 6.07) is 6.63. The lowest BCUT2D eigenvalue weighted by atomic mass is 10.2. The molecule has 0 fully saturated rings. The summed E-state index contributed by atoms with van der Waals surface area (Å²) in [6.07, 6.45) is 1.85. The maximum Gasteiger partial charge on any atom is 0.0959 e. The standard InChI is InChI=1S/C12H20N2S/c1-10(2)14-8-11(3)9-15-12-6-4-5-7-13-12/h4-7,10-11,14H,8-9H2,1-3H3. The van der Waals surface area contributed by atoms with Gasteiger partial charge in [0.1, 0.15) is 0 Å². The van der Waals surface area contributed by atoms with E-state index in [1.54, 1.807) is 0 Å². The first kappa shape index (κ1) is 12.5. The van der Waals surface area contributed by atoms with Crippen molar-refractivity contribution in [2.45, 2.75) is 31.8 Å². The van der Waals surface area contributed by atoms with Crippen LogP contribution in [0.25, 0.3) is 0 Å². The molecule has 0 aliphatic rings. The lowest BCUT2D eigenvalue weighted by Gasteiger charge is -2.14. The molecule has 0 amide bonds. The number of rotatable bonds is 6. The van der Waals surface area contributed by atoms with Crippen LogP contribution in [-0.2, 0) is 0 Å². The third-order valence-corrected chi connectivity index (χ3v) is 3.30. The van der Waals surface area contributed by atoms with Crippen molar-refractivity contribution >= 4 is 11.8 Å². The van der Waals surface area contributed by atoms with Gasteiger partial charge in [-0.05, 0) is 24.6 Å². The van der Waals surface area contributed by atoms with E-state index in [-0.39, 0.29) is 0 Å². The van der Waals surface area contributed by atoms with E-state index in [0.29, 0.717) is 12.0 Å². The second-order valence-corrected chi connectivity index (χ2v) is 5.19. The Kier molecular flexibility index (Phi) is 5.73. The Labute approximate surface area is 96.9 Å². The van der Waals surface area contributed by atoms with Crippen LogP contribution in [0, 0.1) is 5.92 Å². The van der Waals surface area contributed by atoms with Crippen molar-refractivity contribution in [1.82, 2.24) is 10.3 Å². The van der Waals surface area contributed by atoms with E-state index in [0.717, 1.165) is 17.3 Å². The molecule has 0 aliphatic heterocycles. The molecule has 3 heteroatoms. The van der Waals surface area contributed by atoms with E-state index in [1.165, 1.54) is 0 Å². The summed E-state index contributed by atoms with van der Waals surface area (Å²) >= 11 is 1.83. The van der Waals surface area contributed by atoms with Crippen molar-refractivity contribution in [2.24, 2.45) is 5.92 Å². The Bertz CT molecular complexity index is 262. The van der Waals surface area contributed by atoms with Crippen molar-refractivity contribution in [1.29, 1.82) is 0 Å². The molecule has 0 aromatic carbocycles. The molecule has 1 aromatic heterocycles. The van der Waals surface area contributed by atoms with Crippen LogP contribution in [0.4, 0.5) is 0 Å². The van der Waals surface area contributed by atoms with Crippen LogP contribution in [-0.4, -0.2) is 23.3 Å². The van der Waals surface area contributed by atoms with Gasteiger partial charge in [0.05, 0.1) is 5.03 Å². The normalized spacial score (nSPS) is 13.1. The van der Waals surface area contributed by atoms with E-state index in [9.17, 15) is 0 Å². The molecule has 0 radical (unpaired) electrons. The summed E-state index contributed by atoms with van der Waals surface area (Å²) in [4.78, 5) is 4.29. The monoisotopic (exact) mass is 224 g/mol. The predicted octanol–water partition coefficient (Wildman–Crippen LogP) is 2.81. The Morgan fingerprint density at radius 1 is 1.33 bits per heavy atom. The highest BCUT2D eigenvalue weighted by atomic mass is 32.2.